The Balaban J connectivity index is 1.54. The summed E-state index contributed by atoms with van der Waals surface area (Å²) < 4.78 is 0. The van der Waals surface area contributed by atoms with E-state index in [0.717, 1.165) is 23.0 Å². The largest absolute Gasteiger partial charge is 0.340 e. The van der Waals surface area contributed by atoms with Crippen molar-refractivity contribution in [2.75, 3.05) is 10.6 Å². The van der Waals surface area contributed by atoms with Crippen LogP contribution in [0.2, 0.25) is 0 Å². The van der Waals surface area contributed by atoms with Gasteiger partial charge < -0.3 is 10.6 Å². The zero-order valence-electron chi connectivity index (χ0n) is 15.4. The van der Waals surface area contributed by atoms with E-state index in [2.05, 4.69) is 44.6 Å². The SMILES string of the molecule is CCc1ccc(Nc2cc(C(=O)Nc3cccc4cccnc34)ncn2)cc1. The zero-order chi connectivity index (χ0) is 19.3. The van der Waals surface area contributed by atoms with Crippen molar-refractivity contribution in [2.45, 2.75) is 13.3 Å². The van der Waals surface area contributed by atoms with E-state index in [-0.39, 0.29) is 11.6 Å². The van der Waals surface area contributed by atoms with Gasteiger partial charge in [0, 0.05) is 23.3 Å². The summed E-state index contributed by atoms with van der Waals surface area (Å²) in [5.74, 6) is 0.241. The maximum Gasteiger partial charge on any atom is 0.274 e. The monoisotopic (exact) mass is 369 g/mol. The number of fused-ring (bicyclic) bond motifs is 1. The molecule has 0 aliphatic rings. The minimum absolute atomic E-state index is 0.274. The summed E-state index contributed by atoms with van der Waals surface area (Å²) in [6, 6.07) is 19.2. The molecule has 0 fully saturated rings. The van der Waals surface area contributed by atoms with Crippen LogP contribution in [0, 0.1) is 0 Å². The first-order valence-electron chi connectivity index (χ1n) is 9.06. The number of aryl methyl sites for hydroxylation is 1. The summed E-state index contributed by atoms with van der Waals surface area (Å²) in [6.45, 7) is 2.11. The number of para-hydroxylation sites is 1. The quantitative estimate of drug-likeness (QED) is 0.538. The third-order valence-electron chi connectivity index (χ3n) is 4.42. The number of carbonyl (C=O) groups excluding carboxylic acids is 1. The normalized spacial score (nSPS) is 10.6. The van der Waals surface area contributed by atoms with Crippen LogP contribution in [0.15, 0.2) is 73.2 Å². The minimum Gasteiger partial charge on any atom is -0.340 e. The van der Waals surface area contributed by atoms with Crippen LogP contribution in [0.1, 0.15) is 23.0 Å². The zero-order valence-corrected chi connectivity index (χ0v) is 15.4. The fourth-order valence-corrected chi connectivity index (χ4v) is 2.91. The van der Waals surface area contributed by atoms with Crippen molar-refractivity contribution in [3.8, 4) is 0 Å². The van der Waals surface area contributed by atoms with Crippen molar-refractivity contribution < 1.29 is 4.79 Å². The summed E-state index contributed by atoms with van der Waals surface area (Å²) >= 11 is 0. The highest BCUT2D eigenvalue weighted by atomic mass is 16.1. The molecule has 0 saturated carbocycles. The van der Waals surface area contributed by atoms with Crippen LogP contribution < -0.4 is 10.6 Å². The van der Waals surface area contributed by atoms with E-state index in [0.29, 0.717) is 11.5 Å². The molecular formula is C22H19N5O. The second-order valence-electron chi connectivity index (χ2n) is 6.30. The van der Waals surface area contributed by atoms with Gasteiger partial charge in [-0.1, -0.05) is 37.3 Å². The molecule has 0 aliphatic carbocycles. The van der Waals surface area contributed by atoms with Crippen LogP contribution in [0.25, 0.3) is 10.9 Å². The Kier molecular flexibility index (Phi) is 4.93. The number of benzene rings is 2. The van der Waals surface area contributed by atoms with E-state index in [1.165, 1.54) is 11.9 Å². The molecule has 6 nitrogen and oxygen atoms in total. The Labute approximate surface area is 162 Å². The number of nitrogens with zero attached hydrogens (tertiary/aromatic N) is 3. The number of amides is 1. The van der Waals surface area contributed by atoms with Crippen molar-refractivity contribution in [3.05, 3.63) is 84.4 Å². The maximum atomic E-state index is 12.7. The molecular weight excluding hydrogens is 350 g/mol. The standard InChI is InChI=1S/C22H19N5O/c1-2-15-8-10-17(11-9-15)26-20-13-19(24-14-25-20)22(28)27-18-7-3-5-16-6-4-12-23-21(16)18/h3-14H,2H2,1H3,(H,27,28)(H,24,25,26). The predicted molar refractivity (Wildman–Crippen MR) is 111 cm³/mol. The number of hydrogen-bond donors (Lipinski definition) is 2. The smallest absolute Gasteiger partial charge is 0.274 e. The molecule has 0 atom stereocenters. The fraction of sp³-hybridized carbons (Fsp3) is 0.0909. The molecule has 0 unspecified atom stereocenters. The van der Waals surface area contributed by atoms with E-state index in [9.17, 15) is 4.79 Å². The van der Waals surface area contributed by atoms with Crippen molar-refractivity contribution in [1.82, 2.24) is 15.0 Å². The first kappa shape index (κ1) is 17.6. The van der Waals surface area contributed by atoms with Crippen LogP contribution in [0.3, 0.4) is 0 Å². The second-order valence-corrected chi connectivity index (χ2v) is 6.30. The first-order chi connectivity index (χ1) is 13.7. The molecule has 28 heavy (non-hydrogen) atoms. The Morgan fingerprint density at radius 2 is 1.79 bits per heavy atom. The number of anilines is 3. The predicted octanol–water partition coefficient (Wildman–Crippen LogP) is 4.58. The van der Waals surface area contributed by atoms with Crippen molar-refractivity contribution in [2.24, 2.45) is 0 Å². The van der Waals surface area contributed by atoms with Crippen molar-refractivity contribution in [3.63, 3.8) is 0 Å². The third-order valence-corrected chi connectivity index (χ3v) is 4.42. The molecule has 2 heterocycles. The van der Waals surface area contributed by atoms with E-state index in [4.69, 9.17) is 0 Å². The Morgan fingerprint density at radius 1 is 0.964 bits per heavy atom. The summed E-state index contributed by atoms with van der Waals surface area (Å²) in [5.41, 5.74) is 3.82. The highest BCUT2D eigenvalue weighted by molar-refractivity contribution is 6.07. The van der Waals surface area contributed by atoms with Gasteiger partial charge in [-0.25, -0.2) is 9.97 Å². The number of aromatic nitrogens is 3. The molecule has 6 heteroatoms. The van der Waals surface area contributed by atoms with Crippen LogP contribution in [-0.4, -0.2) is 20.9 Å². The van der Waals surface area contributed by atoms with Gasteiger partial charge in [0.2, 0.25) is 0 Å². The molecule has 0 bridgehead atoms. The summed E-state index contributed by atoms with van der Waals surface area (Å²) in [4.78, 5) is 25.3. The Hall–Kier alpha value is -3.80. The molecule has 2 N–H and O–H groups in total. The van der Waals surface area contributed by atoms with Crippen molar-refractivity contribution in [1.29, 1.82) is 0 Å². The third kappa shape index (κ3) is 3.81. The number of hydrogen-bond acceptors (Lipinski definition) is 5. The first-order valence-corrected chi connectivity index (χ1v) is 9.06. The lowest BCUT2D eigenvalue weighted by Gasteiger charge is -2.09. The highest BCUT2D eigenvalue weighted by Crippen LogP contribution is 2.21. The van der Waals surface area contributed by atoms with Gasteiger partial charge in [-0.15, -0.1) is 0 Å². The van der Waals surface area contributed by atoms with Crippen LogP contribution in [0.5, 0.6) is 0 Å². The van der Waals surface area contributed by atoms with Gasteiger partial charge in [0.15, 0.2) is 0 Å². The van der Waals surface area contributed by atoms with E-state index in [1.807, 2.05) is 42.5 Å². The van der Waals surface area contributed by atoms with E-state index < -0.39 is 0 Å². The maximum absolute atomic E-state index is 12.7. The van der Waals surface area contributed by atoms with Gasteiger partial charge in [-0.05, 0) is 36.2 Å². The van der Waals surface area contributed by atoms with Gasteiger partial charge in [0.1, 0.15) is 17.8 Å². The van der Waals surface area contributed by atoms with Crippen LogP contribution in [0.4, 0.5) is 17.2 Å². The number of nitrogens with one attached hydrogen (secondary N) is 2. The topological polar surface area (TPSA) is 79.8 Å². The molecule has 0 spiro atoms. The number of pyridine rings is 1. The minimum atomic E-state index is -0.315. The molecule has 138 valence electrons. The van der Waals surface area contributed by atoms with Gasteiger partial charge in [0.05, 0.1) is 11.2 Å². The lowest BCUT2D eigenvalue weighted by Crippen LogP contribution is -2.14. The molecule has 0 aliphatic heterocycles. The number of carbonyl (C=O) groups is 1. The average molecular weight is 369 g/mol. The molecule has 4 aromatic rings. The molecule has 4 rings (SSSR count). The Morgan fingerprint density at radius 3 is 2.61 bits per heavy atom. The number of rotatable bonds is 5. The molecule has 0 saturated heterocycles. The summed E-state index contributed by atoms with van der Waals surface area (Å²) in [7, 11) is 0. The molecule has 0 radical (unpaired) electrons. The van der Waals surface area contributed by atoms with Gasteiger partial charge >= 0.3 is 0 Å². The van der Waals surface area contributed by atoms with Crippen LogP contribution >= 0.6 is 0 Å². The lowest BCUT2D eigenvalue weighted by molar-refractivity contribution is 0.102. The van der Waals surface area contributed by atoms with Gasteiger partial charge in [-0.3, -0.25) is 9.78 Å². The second kappa shape index (κ2) is 7.84. The van der Waals surface area contributed by atoms with Crippen molar-refractivity contribution >= 4 is 34.0 Å². The van der Waals surface area contributed by atoms with Crippen LogP contribution in [-0.2, 0) is 6.42 Å². The molecule has 2 aromatic carbocycles. The summed E-state index contributed by atoms with van der Waals surface area (Å²) in [5, 5.41) is 7.05. The van der Waals surface area contributed by atoms with Gasteiger partial charge in [-0.2, -0.15) is 0 Å². The highest BCUT2D eigenvalue weighted by Gasteiger charge is 2.11. The molecule has 1 amide bonds. The molecule has 2 aromatic heterocycles. The lowest BCUT2D eigenvalue weighted by atomic mass is 10.1. The van der Waals surface area contributed by atoms with Gasteiger partial charge in [0.25, 0.3) is 5.91 Å². The van der Waals surface area contributed by atoms with E-state index >= 15 is 0 Å². The fourth-order valence-electron chi connectivity index (χ4n) is 2.91. The van der Waals surface area contributed by atoms with E-state index in [1.54, 1.807) is 12.3 Å². The summed E-state index contributed by atoms with van der Waals surface area (Å²) in [6.07, 6.45) is 4.06. The Bertz CT molecular complexity index is 1120. The average Bonchev–Trinajstić information content (AvgIpc) is 2.75.